The van der Waals surface area contributed by atoms with Crippen molar-refractivity contribution in [3.05, 3.63) is 24.1 Å². The fourth-order valence-electron chi connectivity index (χ4n) is 2.64. The van der Waals surface area contributed by atoms with E-state index in [1.165, 1.54) is 32.2 Å². The molecule has 4 nitrogen and oxygen atoms in total. The summed E-state index contributed by atoms with van der Waals surface area (Å²) < 4.78 is 5.83. The minimum absolute atomic E-state index is 0.729. The smallest absolute Gasteiger partial charge is 0.209 e. The Hall–Kier alpha value is -1.55. The molecule has 0 aliphatic heterocycles. The SMILES string of the molecule is Nc1ccc2nc(CN(CC3CC3)C3CC3)oc2c1. The Kier molecular flexibility index (Phi) is 2.52. The molecule has 1 aromatic carbocycles. The van der Waals surface area contributed by atoms with Gasteiger partial charge in [-0.1, -0.05) is 0 Å². The van der Waals surface area contributed by atoms with Crippen LogP contribution in [0.4, 0.5) is 5.69 Å². The molecule has 0 saturated heterocycles. The molecule has 2 aromatic rings. The van der Waals surface area contributed by atoms with Crippen molar-refractivity contribution in [2.75, 3.05) is 12.3 Å². The van der Waals surface area contributed by atoms with Crippen LogP contribution in [0.2, 0.25) is 0 Å². The molecule has 2 N–H and O–H groups in total. The lowest BCUT2D eigenvalue weighted by atomic mass is 10.3. The van der Waals surface area contributed by atoms with Gasteiger partial charge in [-0.25, -0.2) is 4.98 Å². The highest BCUT2D eigenvalue weighted by molar-refractivity contribution is 5.76. The van der Waals surface area contributed by atoms with Gasteiger partial charge in [0.15, 0.2) is 5.58 Å². The largest absolute Gasteiger partial charge is 0.439 e. The Morgan fingerprint density at radius 3 is 2.84 bits per heavy atom. The number of nitrogen functional groups attached to an aromatic ring is 1. The highest BCUT2D eigenvalue weighted by Crippen LogP contribution is 2.35. The number of anilines is 1. The van der Waals surface area contributed by atoms with Crippen molar-refractivity contribution in [2.24, 2.45) is 5.92 Å². The van der Waals surface area contributed by atoms with Crippen molar-refractivity contribution >= 4 is 16.8 Å². The molecular formula is C15H19N3O. The molecule has 2 aliphatic rings. The summed E-state index contributed by atoms with van der Waals surface area (Å²) in [6, 6.07) is 6.42. The van der Waals surface area contributed by atoms with Crippen molar-refractivity contribution in [1.29, 1.82) is 0 Å². The van der Waals surface area contributed by atoms with E-state index in [9.17, 15) is 0 Å². The fourth-order valence-corrected chi connectivity index (χ4v) is 2.64. The molecular weight excluding hydrogens is 238 g/mol. The van der Waals surface area contributed by atoms with Crippen LogP contribution in [0.3, 0.4) is 0 Å². The molecule has 0 unspecified atom stereocenters. The molecule has 0 bridgehead atoms. The number of rotatable bonds is 5. The molecule has 0 spiro atoms. The number of benzene rings is 1. The molecule has 0 atom stereocenters. The third-order valence-corrected chi connectivity index (χ3v) is 4.05. The van der Waals surface area contributed by atoms with Crippen LogP contribution >= 0.6 is 0 Å². The minimum Gasteiger partial charge on any atom is -0.439 e. The molecule has 1 aromatic heterocycles. The van der Waals surface area contributed by atoms with Gasteiger partial charge in [0.25, 0.3) is 0 Å². The summed E-state index contributed by atoms with van der Waals surface area (Å²) in [5.41, 5.74) is 8.21. The quantitative estimate of drug-likeness (QED) is 0.837. The van der Waals surface area contributed by atoms with E-state index < -0.39 is 0 Å². The first kappa shape index (κ1) is 11.3. The Morgan fingerprint density at radius 1 is 1.26 bits per heavy atom. The summed E-state index contributed by atoms with van der Waals surface area (Å²) in [6.07, 6.45) is 5.46. The first-order chi connectivity index (χ1) is 9.28. The van der Waals surface area contributed by atoms with Crippen molar-refractivity contribution in [3.8, 4) is 0 Å². The number of nitrogens with zero attached hydrogens (tertiary/aromatic N) is 2. The van der Waals surface area contributed by atoms with Gasteiger partial charge in [0.05, 0.1) is 6.54 Å². The van der Waals surface area contributed by atoms with E-state index in [1.807, 2.05) is 18.2 Å². The van der Waals surface area contributed by atoms with Crippen molar-refractivity contribution in [1.82, 2.24) is 9.88 Å². The van der Waals surface area contributed by atoms with E-state index in [0.717, 1.165) is 41.2 Å². The van der Waals surface area contributed by atoms with Crippen molar-refractivity contribution in [2.45, 2.75) is 38.3 Å². The van der Waals surface area contributed by atoms with Crippen LogP contribution in [-0.2, 0) is 6.54 Å². The van der Waals surface area contributed by atoms with Crippen LogP contribution in [0.5, 0.6) is 0 Å². The summed E-state index contributed by atoms with van der Waals surface area (Å²) in [7, 11) is 0. The first-order valence-electron chi connectivity index (χ1n) is 7.17. The van der Waals surface area contributed by atoms with Gasteiger partial charge < -0.3 is 10.2 Å². The molecule has 0 amide bonds. The fraction of sp³-hybridized carbons (Fsp3) is 0.533. The van der Waals surface area contributed by atoms with Gasteiger partial charge >= 0.3 is 0 Å². The van der Waals surface area contributed by atoms with Gasteiger partial charge in [-0.3, -0.25) is 4.90 Å². The Labute approximate surface area is 112 Å². The van der Waals surface area contributed by atoms with Gasteiger partial charge in [-0.05, 0) is 43.7 Å². The van der Waals surface area contributed by atoms with Crippen molar-refractivity contribution < 1.29 is 4.42 Å². The molecule has 2 aliphatic carbocycles. The van der Waals surface area contributed by atoms with Crippen LogP contribution in [0, 0.1) is 5.92 Å². The zero-order valence-electron chi connectivity index (χ0n) is 11.0. The standard InChI is InChI=1S/C15H19N3O/c16-11-3-6-13-14(7-11)19-15(17-13)9-18(12-4-5-12)8-10-1-2-10/h3,6-7,10,12H,1-2,4-5,8-9,16H2. The van der Waals surface area contributed by atoms with Gasteiger partial charge in [0.1, 0.15) is 5.52 Å². The molecule has 4 heteroatoms. The van der Waals surface area contributed by atoms with Gasteiger partial charge in [-0.2, -0.15) is 0 Å². The zero-order valence-corrected chi connectivity index (χ0v) is 11.0. The Balaban J connectivity index is 1.55. The van der Waals surface area contributed by atoms with E-state index >= 15 is 0 Å². The molecule has 2 fully saturated rings. The lowest BCUT2D eigenvalue weighted by molar-refractivity contribution is 0.222. The van der Waals surface area contributed by atoms with Crippen LogP contribution < -0.4 is 5.73 Å². The second kappa shape index (κ2) is 4.23. The lowest BCUT2D eigenvalue weighted by Gasteiger charge is -2.19. The maximum Gasteiger partial charge on any atom is 0.209 e. The topological polar surface area (TPSA) is 55.3 Å². The first-order valence-corrected chi connectivity index (χ1v) is 7.17. The molecule has 1 heterocycles. The van der Waals surface area contributed by atoms with Crippen LogP contribution in [0.1, 0.15) is 31.6 Å². The van der Waals surface area contributed by atoms with Crippen LogP contribution in [0.15, 0.2) is 22.6 Å². The number of hydrogen-bond acceptors (Lipinski definition) is 4. The third kappa shape index (κ3) is 2.45. The molecule has 4 rings (SSSR count). The Morgan fingerprint density at radius 2 is 2.11 bits per heavy atom. The van der Waals surface area contributed by atoms with E-state index in [0.29, 0.717) is 0 Å². The highest BCUT2D eigenvalue weighted by Gasteiger charge is 2.34. The van der Waals surface area contributed by atoms with E-state index in [2.05, 4.69) is 9.88 Å². The summed E-state index contributed by atoms with van der Waals surface area (Å²) in [5.74, 6) is 1.74. The predicted molar refractivity (Wildman–Crippen MR) is 74.6 cm³/mol. The van der Waals surface area contributed by atoms with Crippen LogP contribution in [-0.4, -0.2) is 22.5 Å². The number of fused-ring (bicyclic) bond motifs is 1. The number of aromatic nitrogens is 1. The van der Waals surface area contributed by atoms with E-state index in [4.69, 9.17) is 10.2 Å². The second-order valence-electron chi connectivity index (χ2n) is 5.94. The summed E-state index contributed by atoms with van der Waals surface area (Å²) in [6.45, 7) is 2.06. The number of hydrogen-bond donors (Lipinski definition) is 1. The average molecular weight is 257 g/mol. The zero-order chi connectivity index (χ0) is 12.8. The maximum atomic E-state index is 5.83. The average Bonchev–Trinajstić information content (AvgIpc) is 3.25. The normalized spacial score (nSPS) is 19.4. The Bertz CT molecular complexity index is 598. The van der Waals surface area contributed by atoms with E-state index in [-0.39, 0.29) is 0 Å². The summed E-state index contributed by atoms with van der Waals surface area (Å²) in [4.78, 5) is 7.11. The molecule has 19 heavy (non-hydrogen) atoms. The summed E-state index contributed by atoms with van der Waals surface area (Å²) >= 11 is 0. The highest BCUT2D eigenvalue weighted by atomic mass is 16.3. The van der Waals surface area contributed by atoms with E-state index in [1.54, 1.807) is 0 Å². The second-order valence-corrected chi connectivity index (χ2v) is 5.94. The monoisotopic (exact) mass is 257 g/mol. The van der Waals surface area contributed by atoms with Gasteiger partial charge in [-0.15, -0.1) is 0 Å². The van der Waals surface area contributed by atoms with Gasteiger partial charge in [0, 0.05) is 24.3 Å². The third-order valence-electron chi connectivity index (χ3n) is 4.05. The molecule has 100 valence electrons. The molecule has 0 radical (unpaired) electrons. The maximum absolute atomic E-state index is 5.83. The number of oxazole rings is 1. The molecule has 2 saturated carbocycles. The summed E-state index contributed by atoms with van der Waals surface area (Å²) in [5, 5.41) is 0. The van der Waals surface area contributed by atoms with Crippen molar-refractivity contribution in [3.63, 3.8) is 0 Å². The van der Waals surface area contributed by atoms with Crippen LogP contribution in [0.25, 0.3) is 11.1 Å². The van der Waals surface area contributed by atoms with Gasteiger partial charge in [0.2, 0.25) is 5.89 Å². The lowest BCUT2D eigenvalue weighted by Crippen LogP contribution is -2.27. The predicted octanol–water partition coefficient (Wildman–Crippen LogP) is 2.78. The minimum atomic E-state index is 0.729. The number of nitrogens with two attached hydrogens (primary N) is 1.